The fraction of sp³-hybridized carbons (Fsp3) is 0.211. The van der Waals surface area contributed by atoms with E-state index in [9.17, 15) is 14.9 Å². The highest BCUT2D eigenvalue weighted by atomic mass is 16.6. The summed E-state index contributed by atoms with van der Waals surface area (Å²) in [6.45, 7) is 4.68. The van der Waals surface area contributed by atoms with Gasteiger partial charge in [0, 0.05) is 17.7 Å². The Balaban J connectivity index is 2.21. The van der Waals surface area contributed by atoms with Crippen LogP contribution in [0.25, 0.3) is 6.08 Å². The molecular weight excluding hydrogens is 322 g/mol. The lowest BCUT2D eigenvalue weighted by Gasteiger charge is -2.11. The molecule has 0 spiro atoms. The number of allylic oxidation sites excluding steroid dienone is 1. The Kier molecular flexibility index (Phi) is 6.28. The van der Waals surface area contributed by atoms with Gasteiger partial charge in [-0.05, 0) is 43.7 Å². The predicted molar refractivity (Wildman–Crippen MR) is 95.2 cm³/mol. The van der Waals surface area contributed by atoms with Crippen LogP contribution in [0.15, 0.2) is 48.5 Å². The third kappa shape index (κ3) is 4.91. The second-order valence-corrected chi connectivity index (χ2v) is 5.08. The molecule has 0 radical (unpaired) electrons. The number of nitro benzene ring substituents is 1. The van der Waals surface area contributed by atoms with Gasteiger partial charge >= 0.3 is 0 Å². The van der Waals surface area contributed by atoms with Gasteiger partial charge in [0.1, 0.15) is 0 Å². The lowest BCUT2D eigenvalue weighted by atomic mass is 10.1. The molecule has 0 amide bonds. The first-order chi connectivity index (χ1) is 12.0. The largest absolute Gasteiger partial charge is 0.490 e. The summed E-state index contributed by atoms with van der Waals surface area (Å²) in [6, 6.07) is 11.1. The Morgan fingerprint density at radius 3 is 2.48 bits per heavy atom. The number of non-ortho nitro benzene ring substituents is 1. The van der Waals surface area contributed by atoms with E-state index >= 15 is 0 Å². The summed E-state index contributed by atoms with van der Waals surface area (Å²) in [5.41, 5.74) is 1.02. The zero-order valence-corrected chi connectivity index (χ0v) is 14.1. The molecule has 0 aliphatic rings. The molecule has 0 atom stereocenters. The summed E-state index contributed by atoms with van der Waals surface area (Å²) in [7, 11) is 0. The van der Waals surface area contributed by atoms with Crippen LogP contribution in [0.5, 0.6) is 11.5 Å². The van der Waals surface area contributed by atoms with Crippen LogP contribution >= 0.6 is 0 Å². The lowest BCUT2D eigenvalue weighted by Crippen LogP contribution is -2.01. The first kappa shape index (κ1) is 18.2. The van der Waals surface area contributed by atoms with Crippen molar-refractivity contribution in [2.24, 2.45) is 0 Å². The van der Waals surface area contributed by atoms with Crippen molar-refractivity contribution in [1.29, 1.82) is 0 Å². The van der Waals surface area contributed by atoms with Crippen LogP contribution in [0.3, 0.4) is 0 Å². The van der Waals surface area contributed by atoms with Crippen molar-refractivity contribution < 1.29 is 19.2 Å². The molecule has 2 rings (SSSR count). The average molecular weight is 341 g/mol. The molecular formula is C19H19NO5. The van der Waals surface area contributed by atoms with E-state index in [1.54, 1.807) is 36.4 Å². The van der Waals surface area contributed by atoms with Gasteiger partial charge in [-0.2, -0.15) is 0 Å². The molecule has 0 aliphatic carbocycles. The van der Waals surface area contributed by atoms with Crippen LogP contribution in [0.2, 0.25) is 0 Å². The standard InChI is InChI=1S/C19H19NO5/c1-3-24-18-11-9-15(13-19(18)25-4-2)17(21)10-8-14-6-5-7-16(12-14)20(22)23/h5-13H,3-4H2,1-2H3/b10-8+. The summed E-state index contributed by atoms with van der Waals surface area (Å²) < 4.78 is 11.0. The normalized spacial score (nSPS) is 10.6. The third-order valence-corrected chi connectivity index (χ3v) is 3.34. The van der Waals surface area contributed by atoms with Crippen molar-refractivity contribution >= 4 is 17.5 Å². The zero-order valence-electron chi connectivity index (χ0n) is 14.1. The molecule has 2 aromatic carbocycles. The molecule has 0 heterocycles. The van der Waals surface area contributed by atoms with Crippen molar-refractivity contribution in [1.82, 2.24) is 0 Å². The average Bonchev–Trinajstić information content (AvgIpc) is 2.61. The van der Waals surface area contributed by atoms with Gasteiger partial charge in [0.15, 0.2) is 17.3 Å². The monoisotopic (exact) mass is 341 g/mol. The van der Waals surface area contributed by atoms with Crippen LogP contribution in [0, 0.1) is 10.1 Å². The zero-order chi connectivity index (χ0) is 18.2. The Labute approximate surface area is 145 Å². The number of hydrogen-bond acceptors (Lipinski definition) is 5. The number of benzene rings is 2. The Hall–Kier alpha value is -3.15. The fourth-order valence-corrected chi connectivity index (χ4v) is 2.21. The Morgan fingerprint density at radius 2 is 1.80 bits per heavy atom. The summed E-state index contributed by atoms with van der Waals surface area (Å²) in [5.74, 6) is 0.873. The first-order valence-electron chi connectivity index (χ1n) is 7.91. The topological polar surface area (TPSA) is 78.7 Å². The number of nitrogens with zero attached hydrogens (tertiary/aromatic N) is 1. The number of ketones is 1. The molecule has 2 aromatic rings. The number of rotatable bonds is 8. The highest BCUT2D eigenvalue weighted by molar-refractivity contribution is 6.07. The minimum Gasteiger partial charge on any atom is -0.490 e. The Bertz CT molecular complexity index is 798. The summed E-state index contributed by atoms with van der Waals surface area (Å²) in [5, 5.41) is 10.8. The molecule has 130 valence electrons. The van der Waals surface area contributed by atoms with Gasteiger partial charge < -0.3 is 9.47 Å². The van der Waals surface area contributed by atoms with E-state index in [1.165, 1.54) is 18.2 Å². The predicted octanol–water partition coefficient (Wildman–Crippen LogP) is 4.29. The van der Waals surface area contributed by atoms with Gasteiger partial charge in [-0.25, -0.2) is 0 Å². The second kappa shape index (κ2) is 8.63. The maximum atomic E-state index is 12.3. The maximum absolute atomic E-state index is 12.3. The molecule has 25 heavy (non-hydrogen) atoms. The highest BCUT2D eigenvalue weighted by Crippen LogP contribution is 2.29. The number of carbonyl (C=O) groups is 1. The lowest BCUT2D eigenvalue weighted by molar-refractivity contribution is -0.384. The van der Waals surface area contributed by atoms with Crippen LogP contribution in [-0.2, 0) is 0 Å². The second-order valence-electron chi connectivity index (χ2n) is 5.08. The van der Waals surface area contributed by atoms with Crippen LogP contribution in [0.4, 0.5) is 5.69 Å². The van der Waals surface area contributed by atoms with E-state index in [0.717, 1.165) is 0 Å². The minimum atomic E-state index is -0.472. The van der Waals surface area contributed by atoms with Gasteiger partial charge in [0.25, 0.3) is 5.69 Å². The summed E-state index contributed by atoms with van der Waals surface area (Å²) in [4.78, 5) is 22.7. The molecule has 0 fully saturated rings. The van der Waals surface area contributed by atoms with Gasteiger partial charge in [-0.1, -0.05) is 18.2 Å². The summed E-state index contributed by atoms with van der Waals surface area (Å²) in [6.07, 6.45) is 2.93. The molecule has 0 N–H and O–H groups in total. The Morgan fingerprint density at radius 1 is 1.08 bits per heavy atom. The van der Waals surface area contributed by atoms with Crippen LogP contribution in [-0.4, -0.2) is 23.9 Å². The number of carbonyl (C=O) groups excluding carboxylic acids is 1. The third-order valence-electron chi connectivity index (χ3n) is 3.34. The van der Waals surface area contributed by atoms with Crippen molar-refractivity contribution in [3.8, 4) is 11.5 Å². The molecule has 6 heteroatoms. The summed E-state index contributed by atoms with van der Waals surface area (Å²) >= 11 is 0. The van der Waals surface area contributed by atoms with Crippen molar-refractivity contribution in [3.05, 3.63) is 69.8 Å². The highest BCUT2D eigenvalue weighted by Gasteiger charge is 2.10. The van der Waals surface area contributed by atoms with E-state index in [4.69, 9.17) is 9.47 Å². The molecule has 0 aliphatic heterocycles. The van der Waals surface area contributed by atoms with Crippen molar-refractivity contribution in [2.75, 3.05) is 13.2 Å². The van der Waals surface area contributed by atoms with E-state index < -0.39 is 4.92 Å². The van der Waals surface area contributed by atoms with Crippen molar-refractivity contribution in [3.63, 3.8) is 0 Å². The fourth-order valence-electron chi connectivity index (χ4n) is 2.21. The molecule has 0 unspecified atom stereocenters. The van der Waals surface area contributed by atoms with Gasteiger partial charge in [0.2, 0.25) is 0 Å². The van der Waals surface area contributed by atoms with Crippen molar-refractivity contribution in [2.45, 2.75) is 13.8 Å². The van der Waals surface area contributed by atoms with E-state index in [0.29, 0.717) is 35.8 Å². The van der Waals surface area contributed by atoms with Gasteiger partial charge in [-0.3, -0.25) is 14.9 Å². The minimum absolute atomic E-state index is 0.0192. The molecule has 0 saturated carbocycles. The maximum Gasteiger partial charge on any atom is 0.270 e. The smallest absolute Gasteiger partial charge is 0.270 e. The first-order valence-corrected chi connectivity index (χ1v) is 7.91. The van der Waals surface area contributed by atoms with Crippen LogP contribution < -0.4 is 9.47 Å². The van der Waals surface area contributed by atoms with Crippen LogP contribution in [0.1, 0.15) is 29.8 Å². The molecule has 0 saturated heterocycles. The SMILES string of the molecule is CCOc1ccc(C(=O)/C=C/c2cccc([N+](=O)[O-])c2)cc1OCC. The molecule has 0 bridgehead atoms. The van der Waals surface area contributed by atoms with E-state index in [-0.39, 0.29) is 11.5 Å². The molecule has 6 nitrogen and oxygen atoms in total. The van der Waals surface area contributed by atoms with Gasteiger partial charge in [0.05, 0.1) is 18.1 Å². The molecule has 0 aromatic heterocycles. The van der Waals surface area contributed by atoms with E-state index in [1.807, 2.05) is 13.8 Å². The number of hydrogen-bond donors (Lipinski definition) is 0. The number of nitro groups is 1. The quantitative estimate of drug-likeness (QED) is 0.310. The van der Waals surface area contributed by atoms with Gasteiger partial charge in [-0.15, -0.1) is 0 Å². The number of ether oxygens (including phenoxy) is 2. The van der Waals surface area contributed by atoms with E-state index in [2.05, 4.69) is 0 Å².